The average molecular weight is 483 g/mol. The third-order valence-electron chi connectivity index (χ3n) is 11.7. The quantitative estimate of drug-likeness (QED) is 0.618. The molecule has 6 rings (SSSR count). The van der Waals surface area contributed by atoms with Crippen molar-refractivity contribution in [3.63, 3.8) is 0 Å². The fourth-order valence-electron chi connectivity index (χ4n) is 9.64. The SMILES string of the molecule is C[C@]12CC[C@H](NC(=O)N3CCCC3)C[C@H]1CC[C@@H]1[C@@H]2CC[C@]2(C)[C@@H](c3ccc(=O)oc3)CC[C@]12O. The van der Waals surface area contributed by atoms with Gasteiger partial charge in [0, 0.05) is 30.6 Å². The van der Waals surface area contributed by atoms with Crippen LogP contribution in [0.15, 0.2) is 27.6 Å². The predicted octanol–water partition coefficient (Wildman–Crippen LogP) is 5.06. The standard InChI is InChI=1S/C29H42N2O4/c1-27-12-9-21(30-26(33)31-15-3-4-16-31)17-20(27)6-7-24-23(27)10-13-28(2)22(11-14-29(24,28)34)19-5-8-25(32)35-18-19/h5,8,18,20-24,34H,3-4,6-7,9-17H2,1-2H3,(H,30,33)/t20-,21+,22-,23+,24-,27+,28-,29+/m1/s1. The zero-order valence-corrected chi connectivity index (χ0v) is 21.4. The number of likely N-dealkylation sites (tertiary alicyclic amines) is 1. The van der Waals surface area contributed by atoms with Gasteiger partial charge in [-0.3, -0.25) is 0 Å². The number of carbonyl (C=O) groups excluding carboxylic acids is 1. The third-order valence-corrected chi connectivity index (χ3v) is 11.7. The second kappa shape index (κ2) is 8.36. The Balaban J connectivity index is 1.19. The van der Waals surface area contributed by atoms with Crippen molar-refractivity contribution >= 4 is 6.03 Å². The number of amides is 2. The van der Waals surface area contributed by atoms with E-state index in [9.17, 15) is 14.7 Å². The summed E-state index contributed by atoms with van der Waals surface area (Å²) in [4.78, 5) is 26.2. The lowest BCUT2D eigenvalue weighted by Crippen LogP contribution is -2.62. The van der Waals surface area contributed by atoms with Crippen LogP contribution in [0.4, 0.5) is 4.79 Å². The number of fused-ring (bicyclic) bond motifs is 5. The smallest absolute Gasteiger partial charge is 0.335 e. The van der Waals surface area contributed by atoms with Gasteiger partial charge < -0.3 is 19.7 Å². The molecule has 6 heteroatoms. The molecule has 2 heterocycles. The number of aliphatic hydroxyl groups is 1. The third kappa shape index (κ3) is 3.53. The van der Waals surface area contributed by atoms with E-state index in [-0.39, 0.29) is 28.4 Å². The van der Waals surface area contributed by atoms with Crippen LogP contribution in [-0.4, -0.2) is 40.8 Å². The zero-order chi connectivity index (χ0) is 24.4. The monoisotopic (exact) mass is 482 g/mol. The summed E-state index contributed by atoms with van der Waals surface area (Å²) in [5.41, 5.74) is 0.154. The maximum atomic E-state index is 12.7. The van der Waals surface area contributed by atoms with Gasteiger partial charge in [-0.25, -0.2) is 9.59 Å². The highest BCUT2D eigenvalue weighted by Gasteiger charge is 2.67. The van der Waals surface area contributed by atoms with Crippen molar-refractivity contribution < 1.29 is 14.3 Å². The molecular weight excluding hydrogens is 440 g/mol. The van der Waals surface area contributed by atoms with Gasteiger partial charge in [-0.2, -0.15) is 0 Å². The fourth-order valence-corrected chi connectivity index (χ4v) is 9.64. The van der Waals surface area contributed by atoms with E-state index in [1.165, 1.54) is 6.07 Å². The van der Waals surface area contributed by atoms with Gasteiger partial charge in [-0.1, -0.05) is 13.8 Å². The molecule has 0 unspecified atom stereocenters. The number of carbonyl (C=O) groups is 1. The van der Waals surface area contributed by atoms with Gasteiger partial charge in [-0.15, -0.1) is 0 Å². The molecule has 4 aliphatic carbocycles. The Kier molecular flexibility index (Phi) is 5.63. The molecule has 2 N–H and O–H groups in total. The number of rotatable bonds is 2. The van der Waals surface area contributed by atoms with Gasteiger partial charge in [0.1, 0.15) is 0 Å². The van der Waals surface area contributed by atoms with E-state index in [1.54, 1.807) is 6.26 Å². The van der Waals surface area contributed by atoms with Crippen LogP contribution in [0, 0.1) is 28.6 Å². The molecule has 1 aromatic rings. The van der Waals surface area contributed by atoms with E-state index in [2.05, 4.69) is 19.2 Å². The van der Waals surface area contributed by atoms with Crippen LogP contribution in [0.3, 0.4) is 0 Å². The van der Waals surface area contributed by atoms with Crippen LogP contribution < -0.4 is 10.9 Å². The van der Waals surface area contributed by atoms with Crippen molar-refractivity contribution in [1.29, 1.82) is 0 Å². The lowest BCUT2D eigenvalue weighted by molar-refractivity contribution is -0.201. The molecule has 5 fully saturated rings. The first kappa shape index (κ1) is 23.6. The number of nitrogens with zero attached hydrogens (tertiary/aromatic N) is 1. The van der Waals surface area contributed by atoms with Crippen molar-refractivity contribution in [3.8, 4) is 0 Å². The van der Waals surface area contributed by atoms with Crippen LogP contribution in [0.1, 0.15) is 96.0 Å². The van der Waals surface area contributed by atoms with Crippen LogP contribution in [0.25, 0.3) is 0 Å². The van der Waals surface area contributed by atoms with E-state index in [0.29, 0.717) is 23.8 Å². The molecule has 4 saturated carbocycles. The van der Waals surface area contributed by atoms with Crippen molar-refractivity contribution in [1.82, 2.24) is 10.2 Å². The van der Waals surface area contributed by atoms with Gasteiger partial charge in [0.2, 0.25) is 0 Å². The predicted molar refractivity (Wildman–Crippen MR) is 134 cm³/mol. The number of hydrogen-bond acceptors (Lipinski definition) is 4. The number of nitrogens with one attached hydrogen (secondary N) is 1. The summed E-state index contributed by atoms with van der Waals surface area (Å²) in [7, 11) is 0. The highest BCUT2D eigenvalue weighted by molar-refractivity contribution is 5.74. The van der Waals surface area contributed by atoms with Gasteiger partial charge >= 0.3 is 11.7 Å². The fraction of sp³-hybridized carbons (Fsp3) is 0.793. The average Bonchev–Trinajstić information content (AvgIpc) is 3.47. The molecule has 1 saturated heterocycles. The van der Waals surface area contributed by atoms with Gasteiger partial charge in [0.05, 0.1) is 11.9 Å². The van der Waals surface area contributed by atoms with E-state index in [1.807, 2.05) is 11.0 Å². The minimum atomic E-state index is -0.661. The largest absolute Gasteiger partial charge is 0.431 e. The molecule has 0 aromatic carbocycles. The molecule has 1 aliphatic heterocycles. The molecule has 0 radical (unpaired) electrons. The van der Waals surface area contributed by atoms with E-state index < -0.39 is 5.60 Å². The minimum Gasteiger partial charge on any atom is -0.431 e. The van der Waals surface area contributed by atoms with Crippen molar-refractivity contribution in [2.24, 2.45) is 28.6 Å². The highest BCUT2D eigenvalue weighted by Crippen LogP contribution is 2.70. The van der Waals surface area contributed by atoms with Crippen molar-refractivity contribution in [2.45, 2.75) is 102 Å². The first-order valence-corrected chi connectivity index (χ1v) is 14.1. The molecule has 1 aromatic heterocycles. The zero-order valence-electron chi connectivity index (χ0n) is 21.4. The Morgan fingerprint density at radius 1 is 1.03 bits per heavy atom. The van der Waals surface area contributed by atoms with Crippen LogP contribution >= 0.6 is 0 Å². The van der Waals surface area contributed by atoms with Crippen molar-refractivity contribution in [2.75, 3.05) is 13.1 Å². The maximum absolute atomic E-state index is 12.7. The Hall–Kier alpha value is -1.82. The number of hydrogen-bond donors (Lipinski definition) is 2. The summed E-state index contributed by atoms with van der Waals surface area (Å²) in [5.74, 6) is 1.73. The van der Waals surface area contributed by atoms with Crippen molar-refractivity contribution in [3.05, 3.63) is 34.4 Å². The number of urea groups is 1. The molecular formula is C29H42N2O4. The topological polar surface area (TPSA) is 82.8 Å². The molecule has 2 amide bonds. The normalized spacial score (nSPS) is 44.9. The molecule has 0 bridgehead atoms. The molecule has 0 spiro atoms. The Morgan fingerprint density at radius 3 is 2.57 bits per heavy atom. The Morgan fingerprint density at radius 2 is 1.83 bits per heavy atom. The summed E-state index contributed by atoms with van der Waals surface area (Å²) < 4.78 is 5.22. The highest BCUT2D eigenvalue weighted by atomic mass is 16.4. The molecule has 6 nitrogen and oxygen atoms in total. The summed E-state index contributed by atoms with van der Waals surface area (Å²) in [5, 5.41) is 15.8. The summed E-state index contributed by atoms with van der Waals surface area (Å²) in [6.45, 7) is 6.59. The molecule has 35 heavy (non-hydrogen) atoms. The molecule has 5 aliphatic rings. The minimum absolute atomic E-state index is 0.140. The summed E-state index contributed by atoms with van der Waals surface area (Å²) >= 11 is 0. The van der Waals surface area contributed by atoms with Gasteiger partial charge in [-0.05, 0) is 111 Å². The summed E-state index contributed by atoms with van der Waals surface area (Å²) in [6.07, 6.45) is 13.4. The van der Waals surface area contributed by atoms with Crippen LogP contribution in [0.5, 0.6) is 0 Å². The van der Waals surface area contributed by atoms with E-state index in [4.69, 9.17) is 4.42 Å². The van der Waals surface area contributed by atoms with Gasteiger partial charge in [0.25, 0.3) is 0 Å². The van der Waals surface area contributed by atoms with E-state index >= 15 is 0 Å². The molecule has 192 valence electrons. The maximum Gasteiger partial charge on any atom is 0.335 e. The molecule has 8 atom stereocenters. The first-order chi connectivity index (χ1) is 16.7. The second-order valence-electron chi connectivity index (χ2n) is 13.0. The lowest BCUT2D eigenvalue weighted by Gasteiger charge is -2.63. The van der Waals surface area contributed by atoms with Crippen LogP contribution in [0.2, 0.25) is 0 Å². The van der Waals surface area contributed by atoms with Gasteiger partial charge in [0.15, 0.2) is 0 Å². The Bertz CT molecular complexity index is 1010. The second-order valence-corrected chi connectivity index (χ2v) is 13.0. The summed E-state index contributed by atoms with van der Waals surface area (Å²) in [6, 6.07) is 3.87. The Labute approximate surface area is 208 Å². The van der Waals surface area contributed by atoms with E-state index in [0.717, 1.165) is 89.3 Å². The van der Waals surface area contributed by atoms with Crippen LogP contribution in [-0.2, 0) is 0 Å². The lowest BCUT2D eigenvalue weighted by atomic mass is 9.43. The first-order valence-electron chi connectivity index (χ1n) is 14.1.